The summed E-state index contributed by atoms with van der Waals surface area (Å²) in [5, 5.41) is 0.948. The molecule has 0 aliphatic heterocycles. The zero-order valence-corrected chi connectivity index (χ0v) is 13.1. The van der Waals surface area contributed by atoms with Crippen molar-refractivity contribution in [3.63, 3.8) is 0 Å². The van der Waals surface area contributed by atoms with Crippen molar-refractivity contribution in [1.82, 2.24) is 0 Å². The minimum absolute atomic E-state index is 0.117. The highest BCUT2D eigenvalue weighted by Crippen LogP contribution is 2.26. The van der Waals surface area contributed by atoms with Gasteiger partial charge in [-0.15, -0.1) is 0 Å². The fraction of sp³-hybridized carbons (Fsp3) is 0.133. The number of benzene rings is 2. The molecule has 0 amide bonds. The summed E-state index contributed by atoms with van der Waals surface area (Å²) in [4.78, 5) is 12.0. The van der Waals surface area contributed by atoms with Crippen molar-refractivity contribution in [3.8, 4) is 0 Å². The summed E-state index contributed by atoms with van der Waals surface area (Å²) in [6.45, 7) is 0. The van der Waals surface area contributed by atoms with E-state index in [0.717, 1.165) is 15.6 Å². The minimum Gasteiger partial charge on any atom is -0.299 e. The zero-order valence-electron chi connectivity index (χ0n) is 10.00. The molecule has 0 saturated carbocycles. The highest BCUT2D eigenvalue weighted by atomic mass is 79.9. The van der Waals surface area contributed by atoms with Crippen LogP contribution in [0.25, 0.3) is 0 Å². The molecule has 0 fully saturated rings. The molecule has 0 atom stereocenters. The first-order valence-electron chi connectivity index (χ1n) is 5.75. The fourth-order valence-corrected chi connectivity index (χ4v) is 2.44. The number of Topliss-reactive ketones (excluding diaryl/α,β-unsaturated/α-hetero) is 1. The van der Waals surface area contributed by atoms with Crippen molar-refractivity contribution < 1.29 is 4.79 Å². The number of hydrogen-bond donors (Lipinski definition) is 0. The molecular formula is C15H11BrCl2O. The number of hydrogen-bond acceptors (Lipinski definition) is 1. The van der Waals surface area contributed by atoms with Crippen LogP contribution >= 0.6 is 39.1 Å². The molecule has 4 heteroatoms. The van der Waals surface area contributed by atoms with E-state index in [1.165, 1.54) is 0 Å². The Bertz CT molecular complexity index is 594. The van der Waals surface area contributed by atoms with Gasteiger partial charge in [-0.05, 0) is 29.3 Å². The monoisotopic (exact) mass is 356 g/mol. The van der Waals surface area contributed by atoms with Gasteiger partial charge in [0.1, 0.15) is 5.78 Å². The lowest BCUT2D eigenvalue weighted by Crippen LogP contribution is -2.07. The average Bonchev–Trinajstić information content (AvgIpc) is 2.38. The molecule has 0 aliphatic rings. The van der Waals surface area contributed by atoms with Crippen molar-refractivity contribution in [3.05, 3.63) is 68.1 Å². The maximum atomic E-state index is 12.0. The van der Waals surface area contributed by atoms with E-state index >= 15 is 0 Å². The lowest BCUT2D eigenvalue weighted by atomic mass is 10.0. The van der Waals surface area contributed by atoms with Crippen LogP contribution in [0, 0.1) is 0 Å². The predicted molar refractivity (Wildman–Crippen MR) is 83.0 cm³/mol. The largest absolute Gasteiger partial charge is 0.299 e. The van der Waals surface area contributed by atoms with Crippen LogP contribution in [0.4, 0.5) is 0 Å². The van der Waals surface area contributed by atoms with Crippen LogP contribution in [0.5, 0.6) is 0 Å². The average molecular weight is 358 g/mol. The molecule has 0 radical (unpaired) electrons. The molecular weight excluding hydrogens is 347 g/mol. The molecule has 0 N–H and O–H groups in total. The molecule has 19 heavy (non-hydrogen) atoms. The number of ketones is 1. The summed E-state index contributed by atoms with van der Waals surface area (Å²) < 4.78 is 1.00. The van der Waals surface area contributed by atoms with E-state index in [9.17, 15) is 4.79 Å². The lowest BCUT2D eigenvalue weighted by molar-refractivity contribution is -0.117. The molecule has 0 aliphatic carbocycles. The van der Waals surface area contributed by atoms with Crippen molar-refractivity contribution >= 4 is 44.9 Å². The molecule has 2 rings (SSSR count). The first kappa shape index (κ1) is 14.6. The second-order valence-corrected chi connectivity index (χ2v) is 5.93. The summed E-state index contributed by atoms with van der Waals surface area (Å²) in [5.74, 6) is 0.117. The van der Waals surface area contributed by atoms with E-state index in [1.54, 1.807) is 12.1 Å². The van der Waals surface area contributed by atoms with Gasteiger partial charge in [0.15, 0.2) is 0 Å². The summed E-state index contributed by atoms with van der Waals surface area (Å²) in [5.41, 5.74) is 1.77. The Morgan fingerprint density at radius 2 is 1.68 bits per heavy atom. The Morgan fingerprint density at radius 3 is 2.37 bits per heavy atom. The van der Waals surface area contributed by atoms with Crippen molar-refractivity contribution in [2.45, 2.75) is 12.8 Å². The summed E-state index contributed by atoms with van der Waals surface area (Å²) in [7, 11) is 0. The van der Waals surface area contributed by atoms with Crippen LogP contribution in [-0.2, 0) is 17.6 Å². The van der Waals surface area contributed by atoms with Gasteiger partial charge >= 0.3 is 0 Å². The minimum atomic E-state index is 0.117. The van der Waals surface area contributed by atoms with Crippen LogP contribution < -0.4 is 0 Å². The quantitative estimate of drug-likeness (QED) is 0.743. The number of halogens is 3. The maximum absolute atomic E-state index is 12.0. The first-order chi connectivity index (χ1) is 9.06. The van der Waals surface area contributed by atoms with Gasteiger partial charge in [-0.3, -0.25) is 4.79 Å². The van der Waals surface area contributed by atoms with Gasteiger partial charge in [0.25, 0.3) is 0 Å². The molecule has 0 heterocycles. The van der Waals surface area contributed by atoms with E-state index in [0.29, 0.717) is 22.9 Å². The Balaban J connectivity index is 2.05. The SMILES string of the molecule is O=C(Cc1ccc(Br)cc1)Cc1cccc(Cl)c1Cl. The molecule has 0 aromatic heterocycles. The van der Waals surface area contributed by atoms with Crippen molar-refractivity contribution in [2.75, 3.05) is 0 Å². The second-order valence-electron chi connectivity index (χ2n) is 4.23. The van der Waals surface area contributed by atoms with Gasteiger partial charge in [-0.25, -0.2) is 0 Å². The molecule has 0 unspecified atom stereocenters. The highest BCUT2D eigenvalue weighted by Gasteiger charge is 2.10. The summed E-state index contributed by atoms with van der Waals surface area (Å²) >= 11 is 15.4. The third-order valence-electron chi connectivity index (χ3n) is 2.73. The smallest absolute Gasteiger partial charge is 0.141 e. The van der Waals surface area contributed by atoms with Gasteiger partial charge in [0, 0.05) is 17.3 Å². The van der Waals surface area contributed by atoms with E-state index in [4.69, 9.17) is 23.2 Å². The van der Waals surface area contributed by atoms with Crippen molar-refractivity contribution in [2.24, 2.45) is 0 Å². The topological polar surface area (TPSA) is 17.1 Å². The van der Waals surface area contributed by atoms with Gasteiger partial charge in [-0.2, -0.15) is 0 Å². The third kappa shape index (κ3) is 4.07. The normalized spacial score (nSPS) is 10.5. The second kappa shape index (κ2) is 6.56. The molecule has 2 aromatic carbocycles. The van der Waals surface area contributed by atoms with Gasteiger partial charge in [-0.1, -0.05) is 63.4 Å². The van der Waals surface area contributed by atoms with E-state index < -0.39 is 0 Å². The lowest BCUT2D eigenvalue weighted by Gasteiger charge is -2.05. The molecule has 0 bridgehead atoms. The van der Waals surface area contributed by atoms with Crippen LogP contribution in [0.15, 0.2) is 46.9 Å². The van der Waals surface area contributed by atoms with Crippen LogP contribution in [0.2, 0.25) is 10.0 Å². The maximum Gasteiger partial charge on any atom is 0.141 e. The van der Waals surface area contributed by atoms with Crippen LogP contribution in [0.3, 0.4) is 0 Å². The molecule has 2 aromatic rings. The van der Waals surface area contributed by atoms with E-state index in [-0.39, 0.29) is 5.78 Å². The standard InChI is InChI=1S/C15H11BrCl2O/c16-12-6-4-10(5-7-12)8-13(19)9-11-2-1-3-14(17)15(11)18/h1-7H,8-9H2. The molecule has 1 nitrogen and oxygen atoms in total. The van der Waals surface area contributed by atoms with Crippen LogP contribution in [0.1, 0.15) is 11.1 Å². The predicted octanol–water partition coefficient (Wildman–Crippen LogP) is 5.11. The summed E-state index contributed by atoms with van der Waals surface area (Å²) in [6.07, 6.45) is 0.700. The highest BCUT2D eigenvalue weighted by molar-refractivity contribution is 9.10. The van der Waals surface area contributed by atoms with Crippen LogP contribution in [-0.4, -0.2) is 5.78 Å². The number of carbonyl (C=O) groups is 1. The van der Waals surface area contributed by atoms with Gasteiger partial charge in [0.05, 0.1) is 10.0 Å². The summed E-state index contributed by atoms with van der Waals surface area (Å²) in [6, 6.07) is 13.1. The van der Waals surface area contributed by atoms with E-state index in [2.05, 4.69) is 15.9 Å². The fourth-order valence-electron chi connectivity index (χ4n) is 1.79. The van der Waals surface area contributed by atoms with Crippen molar-refractivity contribution in [1.29, 1.82) is 0 Å². The molecule has 0 spiro atoms. The first-order valence-corrected chi connectivity index (χ1v) is 7.30. The Labute approximate surface area is 130 Å². The third-order valence-corrected chi connectivity index (χ3v) is 4.12. The van der Waals surface area contributed by atoms with E-state index in [1.807, 2.05) is 30.3 Å². The Morgan fingerprint density at radius 1 is 1.00 bits per heavy atom. The van der Waals surface area contributed by atoms with Gasteiger partial charge < -0.3 is 0 Å². The Kier molecular flexibility index (Phi) is 5.03. The number of rotatable bonds is 4. The van der Waals surface area contributed by atoms with Gasteiger partial charge in [0.2, 0.25) is 0 Å². The molecule has 98 valence electrons. The Hall–Kier alpha value is -0.830. The zero-order chi connectivity index (χ0) is 13.8. The molecule has 0 saturated heterocycles. The number of carbonyl (C=O) groups excluding carboxylic acids is 1.